The Labute approximate surface area is 197 Å². The highest BCUT2D eigenvalue weighted by molar-refractivity contribution is 5.87. The first-order chi connectivity index (χ1) is 15.9. The number of pyridine rings is 2. The van der Waals surface area contributed by atoms with Gasteiger partial charge in [-0.3, -0.25) is 0 Å². The molecule has 0 fully saturated rings. The molecule has 0 unspecified atom stereocenters. The molecule has 178 valence electrons. The Kier molecular flexibility index (Phi) is 12.6. The van der Waals surface area contributed by atoms with Crippen molar-refractivity contribution in [2.45, 2.75) is 13.8 Å². The largest absolute Gasteiger partial charge is 0.397 e. The molecule has 1 aromatic carbocycles. The molecule has 0 aliphatic rings. The first-order valence-electron chi connectivity index (χ1n) is 10.8. The fourth-order valence-electron chi connectivity index (χ4n) is 2.77. The van der Waals surface area contributed by atoms with Gasteiger partial charge in [-0.15, -0.1) is 0 Å². The first-order valence-corrected chi connectivity index (χ1v) is 10.8. The summed E-state index contributed by atoms with van der Waals surface area (Å²) in [6.45, 7) is 4.98. The molecule has 0 aliphatic carbocycles. The monoisotopic (exact) mass is 450 g/mol. The number of anilines is 2. The normalized spacial score (nSPS) is 10.7. The zero-order valence-electron chi connectivity index (χ0n) is 20.6. The number of nitrogens with two attached hydrogens (primary N) is 2. The van der Waals surface area contributed by atoms with Crippen LogP contribution in [0.25, 0.3) is 22.5 Å². The standard InChI is InChI=1S/C13H17N5.C10H14N2.C2H7N/c1-16-13-6-11-5-9(12(14)8-18(2)15)3-4-10(11)7-17-13;1-3-5-9-6-7-12-10(8-9)11-4-2;1-3-2/h3-8H,14-15H2,1-2H3,(H,16,17);3,5-8H,4H2,1-2H3,(H,11,12);3H,1-2H3/b12-8-;5-3-;. The van der Waals surface area contributed by atoms with E-state index in [-0.39, 0.29) is 0 Å². The lowest BCUT2D eigenvalue weighted by Crippen LogP contribution is -2.20. The van der Waals surface area contributed by atoms with Gasteiger partial charge >= 0.3 is 0 Å². The fraction of sp³-hybridized carbons (Fsp3) is 0.280. The van der Waals surface area contributed by atoms with Crippen LogP contribution in [-0.2, 0) is 0 Å². The highest BCUT2D eigenvalue weighted by atomic mass is 15.4. The van der Waals surface area contributed by atoms with Crippen molar-refractivity contribution >= 4 is 34.2 Å². The van der Waals surface area contributed by atoms with Crippen LogP contribution in [0.2, 0.25) is 0 Å². The zero-order valence-corrected chi connectivity index (χ0v) is 20.6. The Morgan fingerprint density at radius 1 is 1.03 bits per heavy atom. The smallest absolute Gasteiger partial charge is 0.126 e. The van der Waals surface area contributed by atoms with Gasteiger partial charge in [0, 0.05) is 44.6 Å². The van der Waals surface area contributed by atoms with Crippen molar-refractivity contribution in [3.05, 3.63) is 72.2 Å². The van der Waals surface area contributed by atoms with E-state index in [1.807, 2.05) is 82.9 Å². The lowest BCUT2D eigenvalue weighted by molar-refractivity contribution is 0.486. The number of allylic oxidation sites excluding steroid dienone is 1. The average molecular weight is 451 g/mol. The summed E-state index contributed by atoms with van der Waals surface area (Å²) in [7, 11) is 7.33. The SMILES string of the molecule is C/C=C\c1ccnc(NCC)c1.CNC.CNc1cc2cc(/C(N)=C/N(C)N)ccc2cn1. The van der Waals surface area contributed by atoms with E-state index in [0.29, 0.717) is 5.70 Å². The Bertz CT molecular complexity index is 1030. The van der Waals surface area contributed by atoms with E-state index < -0.39 is 0 Å². The molecule has 0 amide bonds. The van der Waals surface area contributed by atoms with Gasteiger partial charge in [-0.1, -0.05) is 24.3 Å². The second-order valence-corrected chi connectivity index (χ2v) is 7.14. The molecule has 2 heterocycles. The molecule has 0 spiro atoms. The topological polar surface area (TPSA) is 117 Å². The minimum atomic E-state index is 0.629. The third-order valence-corrected chi connectivity index (χ3v) is 4.15. The number of fused-ring (bicyclic) bond motifs is 1. The van der Waals surface area contributed by atoms with Gasteiger partial charge in [0.2, 0.25) is 0 Å². The van der Waals surface area contributed by atoms with Gasteiger partial charge in [-0.2, -0.15) is 0 Å². The minimum Gasteiger partial charge on any atom is -0.397 e. The summed E-state index contributed by atoms with van der Waals surface area (Å²) in [4.78, 5) is 8.43. The summed E-state index contributed by atoms with van der Waals surface area (Å²) in [5, 5.41) is 12.5. The van der Waals surface area contributed by atoms with E-state index in [1.165, 1.54) is 10.6 Å². The average Bonchev–Trinajstić information content (AvgIpc) is 2.79. The molecule has 3 rings (SSSR count). The van der Waals surface area contributed by atoms with Gasteiger partial charge in [-0.05, 0) is 68.7 Å². The molecular formula is C25H38N8. The van der Waals surface area contributed by atoms with Crippen LogP contribution in [0.4, 0.5) is 11.6 Å². The van der Waals surface area contributed by atoms with E-state index >= 15 is 0 Å². The second-order valence-electron chi connectivity index (χ2n) is 7.14. The summed E-state index contributed by atoms with van der Waals surface area (Å²) in [6.07, 6.45) is 9.40. The second kappa shape index (κ2) is 15.2. The summed E-state index contributed by atoms with van der Waals surface area (Å²) < 4.78 is 0. The van der Waals surface area contributed by atoms with E-state index in [1.54, 1.807) is 13.2 Å². The van der Waals surface area contributed by atoms with Gasteiger partial charge in [0.05, 0.1) is 5.70 Å². The van der Waals surface area contributed by atoms with E-state index in [9.17, 15) is 0 Å². The molecule has 0 saturated carbocycles. The third kappa shape index (κ3) is 10.0. The van der Waals surface area contributed by atoms with Crippen LogP contribution in [0.1, 0.15) is 25.0 Å². The van der Waals surface area contributed by atoms with Crippen LogP contribution in [0.3, 0.4) is 0 Å². The van der Waals surface area contributed by atoms with Crippen molar-refractivity contribution in [3.8, 4) is 0 Å². The van der Waals surface area contributed by atoms with E-state index in [2.05, 4.69) is 38.9 Å². The number of benzene rings is 1. The van der Waals surface area contributed by atoms with Crippen LogP contribution in [0.5, 0.6) is 0 Å². The maximum atomic E-state index is 5.97. The highest BCUT2D eigenvalue weighted by Gasteiger charge is 2.01. The number of nitrogens with one attached hydrogen (secondary N) is 3. The lowest BCUT2D eigenvalue weighted by Gasteiger charge is -2.09. The van der Waals surface area contributed by atoms with Crippen molar-refractivity contribution in [2.75, 3.05) is 45.4 Å². The van der Waals surface area contributed by atoms with Crippen LogP contribution in [-0.4, -0.2) is 49.7 Å². The molecule has 33 heavy (non-hydrogen) atoms. The summed E-state index contributed by atoms with van der Waals surface area (Å²) >= 11 is 0. The van der Waals surface area contributed by atoms with Crippen LogP contribution >= 0.6 is 0 Å². The predicted octanol–water partition coefficient (Wildman–Crippen LogP) is 3.72. The van der Waals surface area contributed by atoms with Gasteiger partial charge in [0.15, 0.2) is 0 Å². The predicted molar refractivity (Wildman–Crippen MR) is 143 cm³/mol. The lowest BCUT2D eigenvalue weighted by atomic mass is 10.1. The molecule has 8 nitrogen and oxygen atoms in total. The quantitative estimate of drug-likeness (QED) is 0.285. The third-order valence-electron chi connectivity index (χ3n) is 4.15. The molecule has 8 heteroatoms. The van der Waals surface area contributed by atoms with Crippen molar-refractivity contribution in [1.29, 1.82) is 0 Å². The van der Waals surface area contributed by atoms with E-state index in [4.69, 9.17) is 11.6 Å². The Hall–Kier alpha value is -3.62. The summed E-state index contributed by atoms with van der Waals surface area (Å²) in [5.41, 5.74) is 8.72. The molecule has 0 bridgehead atoms. The summed E-state index contributed by atoms with van der Waals surface area (Å²) in [5.74, 6) is 7.32. The van der Waals surface area contributed by atoms with Crippen molar-refractivity contribution in [2.24, 2.45) is 11.6 Å². The van der Waals surface area contributed by atoms with Gasteiger partial charge in [0.25, 0.3) is 0 Å². The van der Waals surface area contributed by atoms with Crippen LogP contribution in [0.15, 0.2) is 61.1 Å². The highest BCUT2D eigenvalue weighted by Crippen LogP contribution is 2.20. The number of hydrazine groups is 1. The van der Waals surface area contributed by atoms with Gasteiger partial charge in [0.1, 0.15) is 11.6 Å². The number of hydrogen-bond donors (Lipinski definition) is 5. The molecule has 0 atom stereocenters. The number of aromatic nitrogens is 2. The van der Waals surface area contributed by atoms with Crippen molar-refractivity contribution < 1.29 is 0 Å². The minimum absolute atomic E-state index is 0.629. The Morgan fingerprint density at radius 3 is 2.36 bits per heavy atom. The van der Waals surface area contributed by atoms with Crippen LogP contribution < -0.4 is 27.5 Å². The van der Waals surface area contributed by atoms with Crippen molar-refractivity contribution in [3.63, 3.8) is 0 Å². The van der Waals surface area contributed by atoms with Gasteiger partial charge < -0.3 is 26.7 Å². The number of hydrogen-bond acceptors (Lipinski definition) is 8. The van der Waals surface area contributed by atoms with E-state index in [0.717, 1.165) is 34.5 Å². The molecule has 3 aromatic rings. The molecule has 0 aliphatic heterocycles. The fourth-order valence-corrected chi connectivity index (χ4v) is 2.77. The maximum absolute atomic E-state index is 5.97. The number of rotatable bonds is 6. The number of nitrogens with zero attached hydrogens (tertiary/aromatic N) is 3. The van der Waals surface area contributed by atoms with Crippen molar-refractivity contribution in [1.82, 2.24) is 20.3 Å². The first kappa shape index (κ1) is 27.4. The molecule has 0 radical (unpaired) electrons. The molecular weight excluding hydrogens is 412 g/mol. The molecule has 7 N–H and O–H groups in total. The Balaban J connectivity index is 0.000000314. The maximum Gasteiger partial charge on any atom is 0.126 e. The molecule has 0 saturated heterocycles. The zero-order chi connectivity index (χ0) is 24.6. The summed E-state index contributed by atoms with van der Waals surface area (Å²) in [6, 6.07) is 12.0. The van der Waals surface area contributed by atoms with Crippen LogP contribution in [0, 0.1) is 0 Å². The molecule has 2 aromatic heterocycles. The van der Waals surface area contributed by atoms with Gasteiger partial charge in [-0.25, -0.2) is 15.8 Å². The Morgan fingerprint density at radius 2 is 1.76 bits per heavy atom.